The number of fused-ring (bicyclic) bond motifs is 1. The molecule has 0 N–H and O–H groups in total. The molecular formula is C23H18N4O. The van der Waals surface area contributed by atoms with Crippen LogP contribution in [0.1, 0.15) is 12.5 Å². The van der Waals surface area contributed by atoms with Crippen LogP contribution in [-0.2, 0) is 4.84 Å². The number of rotatable bonds is 5. The Labute approximate surface area is 163 Å². The quantitative estimate of drug-likeness (QED) is 0.227. The highest BCUT2D eigenvalue weighted by Crippen LogP contribution is 2.24. The minimum Gasteiger partial charge on any atom is -0.382 e. The zero-order chi connectivity index (χ0) is 19.3. The molecule has 0 radical (unpaired) electrons. The first-order valence-corrected chi connectivity index (χ1v) is 8.84. The second kappa shape index (κ2) is 7.77. The van der Waals surface area contributed by atoms with E-state index >= 15 is 0 Å². The molecule has 0 spiro atoms. The minimum absolute atomic E-state index is 0.154. The van der Waals surface area contributed by atoms with Crippen molar-refractivity contribution >= 4 is 16.7 Å². The molecule has 0 saturated heterocycles. The summed E-state index contributed by atoms with van der Waals surface area (Å²) in [6, 6.07) is 18.3. The molecule has 5 heteroatoms. The van der Waals surface area contributed by atoms with Gasteiger partial charge in [0.2, 0.25) is 0 Å². The molecule has 5 nitrogen and oxygen atoms in total. The van der Waals surface area contributed by atoms with Crippen molar-refractivity contribution in [3.8, 4) is 29.2 Å². The van der Waals surface area contributed by atoms with Gasteiger partial charge in [-0.25, -0.2) is 4.98 Å². The lowest BCUT2D eigenvalue weighted by molar-refractivity contribution is 0.180. The van der Waals surface area contributed by atoms with Crippen LogP contribution in [0.2, 0.25) is 0 Å². The first kappa shape index (κ1) is 17.5. The van der Waals surface area contributed by atoms with Crippen LogP contribution >= 0.6 is 0 Å². The number of terminal acetylenes is 1. The van der Waals surface area contributed by atoms with Crippen LogP contribution < -0.4 is 0 Å². The Morgan fingerprint density at radius 3 is 2.86 bits per heavy atom. The Hall–Kier alpha value is -3.91. The van der Waals surface area contributed by atoms with Crippen molar-refractivity contribution in [1.29, 1.82) is 0 Å². The molecule has 136 valence electrons. The number of nitrogens with zero attached hydrogens (tertiary/aromatic N) is 4. The molecule has 2 heterocycles. The molecule has 0 saturated carbocycles. The highest BCUT2D eigenvalue weighted by molar-refractivity contribution is 6.01. The van der Waals surface area contributed by atoms with E-state index in [1.807, 2.05) is 49.8 Å². The third-order valence-corrected chi connectivity index (χ3v) is 4.43. The highest BCUT2D eigenvalue weighted by atomic mass is 16.6. The maximum Gasteiger partial charge on any atom is 0.177 e. The Morgan fingerprint density at radius 2 is 2.04 bits per heavy atom. The van der Waals surface area contributed by atoms with E-state index in [2.05, 4.69) is 49.9 Å². The zero-order valence-electron chi connectivity index (χ0n) is 15.4. The number of hydrogen-bond acceptors (Lipinski definition) is 4. The predicted molar refractivity (Wildman–Crippen MR) is 111 cm³/mol. The number of imidazole rings is 1. The first-order valence-electron chi connectivity index (χ1n) is 8.84. The van der Waals surface area contributed by atoms with Crippen LogP contribution in [0.3, 0.4) is 0 Å². The van der Waals surface area contributed by atoms with E-state index in [0.717, 1.165) is 39.1 Å². The number of benzene rings is 2. The molecule has 0 atom stereocenters. The summed E-state index contributed by atoms with van der Waals surface area (Å²) in [4.78, 5) is 13.8. The van der Waals surface area contributed by atoms with Crippen molar-refractivity contribution in [2.45, 2.75) is 6.92 Å². The second-order valence-corrected chi connectivity index (χ2v) is 6.26. The lowest BCUT2D eigenvalue weighted by Crippen LogP contribution is -1.97. The van der Waals surface area contributed by atoms with Crippen LogP contribution in [0.4, 0.5) is 0 Å². The fourth-order valence-electron chi connectivity index (χ4n) is 3.03. The Balaban J connectivity index is 1.69. The molecule has 0 aliphatic rings. The van der Waals surface area contributed by atoms with Crippen molar-refractivity contribution in [1.82, 2.24) is 14.5 Å². The first-order chi connectivity index (χ1) is 13.8. The van der Waals surface area contributed by atoms with Gasteiger partial charge in [0.1, 0.15) is 6.33 Å². The highest BCUT2D eigenvalue weighted by Gasteiger charge is 2.08. The van der Waals surface area contributed by atoms with Crippen LogP contribution in [0, 0.1) is 12.3 Å². The standard InChI is InChI=1S/C23H18N4O/c1-3-12-28-26-17(2)18-9-10-23-22(14-18)25-16-27(23)21-8-4-6-19(13-21)20-7-5-11-24-15-20/h1,4-11,13-16H,12H2,2H3. The Kier molecular flexibility index (Phi) is 4.85. The van der Waals surface area contributed by atoms with Gasteiger partial charge in [-0.15, -0.1) is 6.42 Å². The normalized spacial score (nSPS) is 11.4. The fourth-order valence-corrected chi connectivity index (χ4v) is 3.03. The van der Waals surface area contributed by atoms with Crippen LogP contribution in [0.15, 0.2) is 78.5 Å². The van der Waals surface area contributed by atoms with E-state index < -0.39 is 0 Å². The van der Waals surface area contributed by atoms with Gasteiger partial charge < -0.3 is 4.84 Å². The van der Waals surface area contributed by atoms with Crippen molar-refractivity contribution in [2.24, 2.45) is 5.16 Å². The van der Waals surface area contributed by atoms with Gasteiger partial charge in [-0.1, -0.05) is 35.3 Å². The lowest BCUT2D eigenvalue weighted by atomic mass is 10.1. The van der Waals surface area contributed by atoms with E-state index in [1.54, 1.807) is 6.20 Å². The maximum atomic E-state index is 5.17. The molecule has 0 amide bonds. The van der Waals surface area contributed by atoms with Gasteiger partial charge in [0.25, 0.3) is 0 Å². The summed E-state index contributed by atoms with van der Waals surface area (Å²) < 4.78 is 2.07. The number of oxime groups is 1. The fraction of sp³-hybridized carbons (Fsp3) is 0.0870. The number of pyridine rings is 1. The Morgan fingerprint density at radius 1 is 1.14 bits per heavy atom. The average Bonchev–Trinajstić information content (AvgIpc) is 3.18. The lowest BCUT2D eigenvalue weighted by Gasteiger charge is -2.08. The van der Waals surface area contributed by atoms with E-state index in [0.29, 0.717) is 0 Å². The largest absolute Gasteiger partial charge is 0.382 e. The Bertz CT molecular complexity index is 1190. The molecule has 4 rings (SSSR count). The third-order valence-electron chi connectivity index (χ3n) is 4.43. The average molecular weight is 366 g/mol. The van der Waals surface area contributed by atoms with Crippen LogP contribution in [0.5, 0.6) is 0 Å². The van der Waals surface area contributed by atoms with Crippen molar-refractivity contribution in [3.63, 3.8) is 0 Å². The van der Waals surface area contributed by atoms with E-state index in [4.69, 9.17) is 11.3 Å². The zero-order valence-corrected chi connectivity index (χ0v) is 15.4. The van der Waals surface area contributed by atoms with Crippen LogP contribution in [0.25, 0.3) is 27.8 Å². The monoisotopic (exact) mass is 366 g/mol. The van der Waals surface area contributed by atoms with Gasteiger partial charge in [0, 0.05) is 29.2 Å². The topological polar surface area (TPSA) is 52.3 Å². The molecular weight excluding hydrogens is 348 g/mol. The van der Waals surface area contributed by atoms with E-state index in [-0.39, 0.29) is 6.61 Å². The molecule has 0 aliphatic carbocycles. The summed E-state index contributed by atoms with van der Waals surface area (Å²) in [7, 11) is 0. The third kappa shape index (κ3) is 3.49. The minimum atomic E-state index is 0.154. The maximum absolute atomic E-state index is 5.17. The SMILES string of the molecule is C#CCON=C(C)c1ccc2c(c1)ncn2-c1cccc(-c2cccnc2)c1. The summed E-state index contributed by atoms with van der Waals surface area (Å²) >= 11 is 0. The van der Waals surface area contributed by atoms with Crippen molar-refractivity contribution in [2.75, 3.05) is 6.61 Å². The van der Waals surface area contributed by atoms with Gasteiger partial charge in [-0.3, -0.25) is 9.55 Å². The van der Waals surface area contributed by atoms with E-state index in [9.17, 15) is 0 Å². The van der Waals surface area contributed by atoms with Gasteiger partial charge in [0.15, 0.2) is 6.61 Å². The van der Waals surface area contributed by atoms with Crippen LogP contribution in [-0.4, -0.2) is 26.9 Å². The summed E-state index contributed by atoms with van der Waals surface area (Å²) in [5, 5.41) is 4.03. The molecule has 28 heavy (non-hydrogen) atoms. The molecule has 0 bridgehead atoms. The van der Waals surface area contributed by atoms with Crippen molar-refractivity contribution in [3.05, 3.63) is 78.9 Å². The molecule has 0 fully saturated rings. The van der Waals surface area contributed by atoms with E-state index in [1.165, 1.54) is 0 Å². The smallest absolute Gasteiger partial charge is 0.177 e. The van der Waals surface area contributed by atoms with Gasteiger partial charge in [-0.05, 0) is 42.8 Å². The summed E-state index contributed by atoms with van der Waals surface area (Å²) in [5.74, 6) is 2.39. The van der Waals surface area contributed by atoms with Crippen molar-refractivity contribution < 1.29 is 4.84 Å². The number of aromatic nitrogens is 3. The van der Waals surface area contributed by atoms with Gasteiger partial charge >= 0.3 is 0 Å². The van der Waals surface area contributed by atoms with Gasteiger partial charge in [0.05, 0.1) is 16.7 Å². The predicted octanol–water partition coefficient (Wildman–Crippen LogP) is 4.46. The molecule has 0 aliphatic heterocycles. The molecule has 4 aromatic rings. The molecule has 0 unspecified atom stereocenters. The van der Waals surface area contributed by atoms with Gasteiger partial charge in [-0.2, -0.15) is 0 Å². The number of hydrogen-bond donors (Lipinski definition) is 0. The summed E-state index contributed by atoms with van der Waals surface area (Å²) in [6.07, 6.45) is 10.6. The molecule has 2 aromatic heterocycles. The summed E-state index contributed by atoms with van der Waals surface area (Å²) in [6.45, 7) is 2.04. The summed E-state index contributed by atoms with van der Waals surface area (Å²) in [5.41, 5.74) is 6.83. The second-order valence-electron chi connectivity index (χ2n) is 6.26. The molecule has 2 aromatic carbocycles.